The maximum Gasteiger partial charge on any atom is 0.289 e. The second-order valence-corrected chi connectivity index (χ2v) is 7.13. The van der Waals surface area contributed by atoms with Crippen molar-refractivity contribution < 1.29 is 23.5 Å². The topological polar surface area (TPSA) is 83.3 Å². The van der Waals surface area contributed by atoms with Gasteiger partial charge in [-0.25, -0.2) is 0 Å². The molecule has 3 amide bonds. The van der Waals surface area contributed by atoms with E-state index in [1.807, 2.05) is 30.3 Å². The normalized spacial score (nSPS) is 20.1. The van der Waals surface area contributed by atoms with Gasteiger partial charge in [0.25, 0.3) is 5.91 Å². The molecule has 8 nitrogen and oxygen atoms in total. The summed E-state index contributed by atoms with van der Waals surface area (Å²) in [6.45, 7) is 2.21. The van der Waals surface area contributed by atoms with Crippen molar-refractivity contribution in [1.29, 1.82) is 0 Å². The summed E-state index contributed by atoms with van der Waals surface area (Å²) in [5.41, 5.74) is 0.967. The summed E-state index contributed by atoms with van der Waals surface area (Å²) >= 11 is 0. The van der Waals surface area contributed by atoms with Crippen LogP contribution in [0.2, 0.25) is 0 Å². The Balaban J connectivity index is 1.40. The number of carbonyl (C=O) groups excluding carboxylic acids is 3. The third-order valence-electron chi connectivity index (χ3n) is 5.29. The molecule has 2 saturated heterocycles. The highest BCUT2D eigenvalue weighted by Gasteiger charge is 2.37. The molecule has 29 heavy (non-hydrogen) atoms. The Morgan fingerprint density at radius 1 is 0.966 bits per heavy atom. The average molecular weight is 397 g/mol. The summed E-state index contributed by atoms with van der Waals surface area (Å²) in [5.74, 6) is -0.210. The first-order chi connectivity index (χ1) is 14.1. The van der Waals surface area contributed by atoms with Crippen molar-refractivity contribution in [3.8, 4) is 0 Å². The Morgan fingerprint density at radius 2 is 1.69 bits per heavy atom. The van der Waals surface area contributed by atoms with Crippen molar-refractivity contribution in [1.82, 2.24) is 14.7 Å². The van der Waals surface area contributed by atoms with Gasteiger partial charge in [-0.1, -0.05) is 30.3 Å². The highest BCUT2D eigenvalue weighted by atomic mass is 16.5. The van der Waals surface area contributed by atoms with Crippen molar-refractivity contribution >= 4 is 17.7 Å². The van der Waals surface area contributed by atoms with Crippen molar-refractivity contribution in [2.45, 2.75) is 12.6 Å². The van der Waals surface area contributed by atoms with Gasteiger partial charge in [-0.3, -0.25) is 14.4 Å². The smallest absolute Gasteiger partial charge is 0.289 e. The van der Waals surface area contributed by atoms with E-state index in [1.54, 1.807) is 26.8 Å². The van der Waals surface area contributed by atoms with Crippen LogP contribution in [0, 0.1) is 0 Å². The van der Waals surface area contributed by atoms with Gasteiger partial charge in [-0.15, -0.1) is 0 Å². The van der Waals surface area contributed by atoms with Crippen LogP contribution in [-0.4, -0.2) is 77.9 Å². The first-order valence-electron chi connectivity index (χ1n) is 9.66. The molecule has 0 unspecified atom stereocenters. The van der Waals surface area contributed by atoms with E-state index in [4.69, 9.17) is 9.15 Å². The molecule has 4 rings (SSSR count). The first kappa shape index (κ1) is 19.2. The molecule has 0 spiro atoms. The second-order valence-electron chi connectivity index (χ2n) is 7.13. The third kappa shape index (κ3) is 4.17. The maximum atomic E-state index is 13.1. The number of hydrogen-bond acceptors (Lipinski definition) is 5. The van der Waals surface area contributed by atoms with Crippen LogP contribution in [0.15, 0.2) is 53.1 Å². The van der Waals surface area contributed by atoms with Crippen molar-refractivity contribution in [2.24, 2.45) is 0 Å². The molecule has 2 aliphatic heterocycles. The number of rotatable bonds is 4. The van der Waals surface area contributed by atoms with E-state index >= 15 is 0 Å². The molecule has 152 valence electrons. The largest absolute Gasteiger partial charge is 0.459 e. The minimum Gasteiger partial charge on any atom is -0.459 e. The van der Waals surface area contributed by atoms with Crippen LogP contribution in [-0.2, 0) is 20.9 Å². The Morgan fingerprint density at radius 3 is 2.38 bits per heavy atom. The molecule has 0 radical (unpaired) electrons. The van der Waals surface area contributed by atoms with E-state index in [0.717, 1.165) is 5.56 Å². The number of carbonyl (C=O) groups is 3. The van der Waals surface area contributed by atoms with Crippen molar-refractivity contribution in [2.75, 3.05) is 39.4 Å². The van der Waals surface area contributed by atoms with Gasteiger partial charge in [0, 0.05) is 32.7 Å². The quantitative estimate of drug-likeness (QED) is 0.768. The molecular formula is C21H23N3O5. The van der Waals surface area contributed by atoms with Gasteiger partial charge in [0.05, 0.1) is 12.9 Å². The first-order valence-corrected chi connectivity index (χ1v) is 9.66. The number of nitrogens with zero attached hydrogens (tertiary/aromatic N) is 3. The van der Waals surface area contributed by atoms with Crippen molar-refractivity contribution in [3.05, 3.63) is 60.1 Å². The molecule has 2 aliphatic rings. The summed E-state index contributed by atoms with van der Waals surface area (Å²) in [7, 11) is 0. The fourth-order valence-corrected chi connectivity index (χ4v) is 3.68. The second kappa shape index (κ2) is 8.48. The Hall–Kier alpha value is -3.13. The molecule has 1 aromatic carbocycles. The molecule has 1 atom stereocenters. The lowest BCUT2D eigenvalue weighted by atomic mass is 10.1. The number of amides is 3. The van der Waals surface area contributed by atoms with Gasteiger partial charge in [0.1, 0.15) is 12.6 Å². The highest BCUT2D eigenvalue weighted by molar-refractivity contribution is 5.92. The molecule has 3 heterocycles. The number of furan rings is 1. The predicted molar refractivity (Wildman–Crippen MR) is 103 cm³/mol. The van der Waals surface area contributed by atoms with Gasteiger partial charge < -0.3 is 23.9 Å². The molecule has 1 aromatic heterocycles. The fourth-order valence-electron chi connectivity index (χ4n) is 3.68. The highest BCUT2D eigenvalue weighted by Crippen LogP contribution is 2.17. The van der Waals surface area contributed by atoms with Gasteiger partial charge in [-0.05, 0) is 17.7 Å². The fraction of sp³-hybridized carbons (Fsp3) is 0.381. The van der Waals surface area contributed by atoms with Gasteiger partial charge in [0.2, 0.25) is 11.8 Å². The number of hydrogen-bond donors (Lipinski definition) is 0. The average Bonchev–Trinajstić information content (AvgIpc) is 3.30. The standard InChI is InChI=1S/C21H23N3O5/c25-19-15-28-14-17(24(19)13-16-5-2-1-3-6-16)20(26)22-8-10-23(11-9-22)21(27)18-7-4-12-29-18/h1-7,12,17H,8-11,13-15H2/t17-/m0/s1. The van der Waals surface area contributed by atoms with Crippen LogP contribution in [0.3, 0.4) is 0 Å². The Labute approximate surface area is 168 Å². The van der Waals surface area contributed by atoms with E-state index in [0.29, 0.717) is 38.5 Å². The molecule has 8 heteroatoms. The summed E-state index contributed by atoms with van der Waals surface area (Å²) in [6, 6.07) is 12.3. The monoisotopic (exact) mass is 397 g/mol. The van der Waals surface area contributed by atoms with Crippen LogP contribution in [0.1, 0.15) is 16.1 Å². The number of piperazine rings is 1. The van der Waals surface area contributed by atoms with E-state index < -0.39 is 6.04 Å². The van der Waals surface area contributed by atoms with E-state index in [1.165, 1.54) is 6.26 Å². The molecular weight excluding hydrogens is 374 g/mol. The third-order valence-corrected chi connectivity index (χ3v) is 5.29. The molecule has 0 bridgehead atoms. The summed E-state index contributed by atoms with van der Waals surface area (Å²) in [4.78, 5) is 42.9. The molecule has 2 fully saturated rings. The molecule has 0 aliphatic carbocycles. The number of morpholine rings is 1. The van der Waals surface area contributed by atoms with Crippen LogP contribution in [0.25, 0.3) is 0 Å². The SMILES string of the molecule is O=C(c1ccco1)N1CCN(C(=O)[C@@H]2COCC(=O)N2Cc2ccccc2)CC1. The lowest BCUT2D eigenvalue weighted by Crippen LogP contribution is -2.60. The lowest BCUT2D eigenvalue weighted by molar-refractivity contribution is -0.160. The minimum atomic E-state index is -0.649. The Bertz CT molecular complexity index is 860. The van der Waals surface area contributed by atoms with E-state index in [2.05, 4.69) is 0 Å². The zero-order chi connectivity index (χ0) is 20.2. The number of ether oxygens (including phenoxy) is 1. The van der Waals surface area contributed by atoms with Gasteiger partial charge in [-0.2, -0.15) is 0 Å². The number of benzene rings is 1. The Kier molecular flexibility index (Phi) is 5.62. The lowest BCUT2D eigenvalue weighted by Gasteiger charge is -2.40. The maximum absolute atomic E-state index is 13.1. The summed E-state index contributed by atoms with van der Waals surface area (Å²) < 4.78 is 10.5. The molecule has 0 saturated carbocycles. The zero-order valence-electron chi connectivity index (χ0n) is 16.0. The van der Waals surface area contributed by atoms with Crippen LogP contribution < -0.4 is 0 Å². The summed E-state index contributed by atoms with van der Waals surface area (Å²) in [6.07, 6.45) is 1.47. The van der Waals surface area contributed by atoms with Crippen molar-refractivity contribution in [3.63, 3.8) is 0 Å². The zero-order valence-corrected chi connectivity index (χ0v) is 16.0. The summed E-state index contributed by atoms with van der Waals surface area (Å²) in [5, 5.41) is 0. The van der Waals surface area contributed by atoms with Crippen LogP contribution in [0.4, 0.5) is 0 Å². The van der Waals surface area contributed by atoms with Gasteiger partial charge in [0.15, 0.2) is 5.76 Å². The van der Waals surface area contributed by atoms with Gasteiger partial charge >= 0.3 is 0 Å². The minimum absolute atomic E-state index is 0.0119. The predicted octanol–water partition coefficient (Wildman–Crippen LogP) is 0.992. The molecule has 0 N–H and O–H groups in total. The van der Waals surface area contributed by atoms with Crippen LogP contribution >= 0.6 is 0 Å². The van der Waals surface area contributed by atoms with E-state index in [9.17, 15) is 14.4 Å². The molecule has 2 aromatic rings. The van der Waals surface area contributed by atoms with Crippen LogP contribution in [0.5, 0.6) is 0 Å². The van der Waals surface area contributed by atoms with E-state index in [-0.39, 0.29) is 30.9 Å².